The lowest BCUT2D eigenvalue weighted by atomic mass is 9.80. The smallest absolute Gasteiger partial charge is 0.0588 e. The normalized spacial score (nSPS) is 12.8. The summed E-state index contributed by atoms with van der Waals surface area (Å²) in [5.41, 5.74) is 9.31. The van der Waals surface area contributed by atoms with E-state index in [0.29, 0.717) is 0 Å². The van der Waals surface area contributed by atoms with Crippen molar-refractivity contribution in [1.29, 1.82) is 0 Å². The molecular formula is C19H31Cl. The fourth-order valence-corrected chi connectivity index (χ4v) is 3.99. The van der Waals surface area contributed by atoms with Crippen LogP contribution in [0.25, 0.3) is 0 Å². The largest absolute Gasteiger partial charge is 0.118 e. The van der Waals surface area contributed by atoms with E-state index in [1.165, 1.54) is 5.56 Å². The van der Waals surface area contributed by atoms with Crippen LogP contribution < -0.4 is 0 Å². The lowest BCUT2D eigenvalue weighted by molar-refractivity contribution is 0.813. The molecule has 0 saturated carbocycles. The molecular weight excluding hydrogens is 264 g/mol. The summed E-state index contributed by atoms with van der Waals surface area (Å²) in [5.74, 6) is 0. The Kier molecular flexibility index (Phi) is 7.09. The van der Waals surface area contributed by atoms with E-state index in [1.807, 2.05) is 0 Å². The predicted molar refractivity (Wildman–Crippen MR) is 92.2 cm³/mol. The van der Waals surface area contributed by atoms with Gasteiger partial charge in [-0.2, -0.15) is 0 Å². The fourth-order valence-electron chi connectivity index (χ4n) is 3.72. The van der Waals surface area contributed by atoms with E-state index in [-0.39, 0.29) is 5.38 Å². The van der Waals surface area contributed by atoms with Crippen molar-refractivity contribution in [2.24, 2.45) is 0 Å². The molecule has 0 bridgehead atoms. The molecule has 0 amide bonds. The monoisotopic (exact) mass is 294 g/mol. The zero-order valence-corrected chi connectivity index (χ0v) is 15.0. The third-order valence-corrected chi connectivity index (χ3v) is 5.07. The SMILES string of the molecule is CCc1c(CC)c(CC)c(C(Cl)CC)c(CC)c1CC. The Morgan fingerprint density at radius 3 is 1.15 bits per heavy atom. The van der Waals surface area contributed by atoms with Crippen LogP contribution in [-0.4, -0.2) is 0 Å². The van der Waals surface area contributed by atoms with E-state index >= 15 is 0 Å². The second-order valence-electron chi connectivity index (χ2n) is 5.45. The van der Waals surface area contributed by atoms with Crippen molar-refractivity contribution < 1.29 is 0 Å². The Labute approximate surface area is 130 Å². The van der Waals surface area contributed by atoms with Crippen LogP contribution in [0.1, 0.15) is 86.7 Å². The van der Waals surface area contributed by atoms with E-state index in [9.17, 15) is 0 Å². The average molecular weight is 295 g/mol. The van der Waals surface area contributed by atoms with Gasteiger partial charge >= 0.3 is 0 Å². The van der Waals surface area contributed by atoms with Crippen LogP contribution >= 0.6 is 11.6 Å². The molecule has 0 nitrogen and oxygen atoms in total. The maximum Gasteiger partial charge on any atom is 0.0588 e. The third-order valence-electron chi connectivity index (χ3n) is 4.55. The van der Waals surface area contributed by atoms with E-state index < -0.39 is 0 Å². The highest BCUT2D eigenvalue weighted by Crippen LogP contribution is 2.38. The van der Waals surface area contributed by atoms with Gasteiger partial charge in [-0.3, -0.25) is 0 Å². The number of benzene rings is 1. The topological polar surface area (TPSA) is 0 Å². The van der Waals surface area contributed by atoms with Gasteiger partial charge in [-0.25, -0.2) is 0 Å². The van der Waals surface area contributed by atoms with E-state index in [2.05, 4.69) is 41.5 Å². The molecule has 1 unspecified atom stereocenters. The van der Waals surface area contributed by atoms with Crippen LogP contribution in [0.2, 0.25) is 0 Å². The molecule has 0 aromatic heterocycles. The maximum atomic E-state index is 6.71. The highest BCUT2D eigenvalue weighted by Gasteiger charge is 2.22. The van der Waals surface area contributed by atoms with Crippen LogP contribution in [0, 0.1) is 0 Å². The van der Waals surface area contributed by atoms with Crippen molar-refractivity contribution >= 4 is 11.6 Å². The number of halogens is 1. The Morgan fingerprint density at radius 1 is 0.600 bits per heavy atom. The second-order valence-corrected chi connectivity index (χ2v) is 5.98. The van der Waals surface area contributed by atoms with Gasteiger partial charge in [-0.05, 0) is 71.9 Å². The van der Waals surface area contributed by atoms with Crippen molar-refractivity contribution in [3.63, 3.8) is 0 Å². The molecule has 0 heterocycles. The minimum Gasteiger partial charge on any atom is -0.118 e. The first-order valence-corrected chi connectivity index (χ1v) is 8.86. The summed E-state index contributed by atoms with van der Waals surface area (Å²) in [4.78, 5) is 0. The van der Waals surface area contributed by atoms with Crippen molar-refractivity contribution in [1.82, 2.24) is 0 Å². The summed E-state index contributed by atoms with van der Waals surface area (Å²) < 4.78 is 0. The van der Waals surface area contributed by atoms with Gasteiger partial charge in [0.05, 0.1) is 5.38 Å². The molecule has 0 aliphatic rings. The Bertz CT molecular complexity index is 413. The summed E-state index contributed by atoms with van der Waals surface area (Å²) in [6.07, 6.45) is 6.62. The first kappa shape index (κ1) is 17.6. The Balaban J connectivity index is 3.79. The molecule has 0 spiro atoms. The molecule has 0 saturated heterocycles. The zero-order valence-electron chi connectivity index (χ0n) is 14.2. The molecule has 1 heteroatoms. The lowest BCUT2D eigenvalue weighted by Gasteiger charge is -2.27. The van der Waals surface area contributed by atoms with Crippen molar-refractivity contribution in [2.75, 3.05) is 0 Å². The van der Waals surface area contributed by atoms with Gasteiger partial charge in [0, 0.05) is 0 Å². The highest BCUT2D eigenvalue weighted by atomic mass is 35.5. The molecule has 0 aliphatic carbocycles. The van der Waals surface area contributed by atoms with Crippen LogP contribution in [0.4, 0.5) is 0 Å². The summed E-state index contributed by atoms with van der Waals surface area (Å²) >= 11 is 6.71. The second kappa shape index (κ2) is 8.08. The molecule has 1 rings (SSSR count). The summed E-state index contributed by atoms with van der Waals surface area (Å²) in [6, 6.07) is 0. The molecule has 1 aromatic carbocycles. The first-order chi connectivity index (χ1) is 9.60. The summed E-state index contributed by atoms with van der Waals surface area (Å²) in [5, 5.41) is 0.168. The lowest BCUT2D eigenvalue weighted by Crippen LogP contribution is -2.13. The quantitative estimate of drug-likeness (QED) is 0.526. The van der Waals surface area contributed by atoms with E-state index in [0.717, 1.165) is 38.5 Å². The van der Waals surface area contributed by atoms with Gasteiger partial charge in [0.15, 0.2) is 0 Å². The fraction of sp³-hybridized carbons (Fsp3) is 0.684. The highest BCUT2D eigenvalue weighted by molar-refractivity contribution is 6.21. The van der Waals surface area contributed by atoms with Crippen molar-refractivity contribution in [3.05, 3.63) is 33.4 Å². The number of alkyl halides is 1. The van der Waals surface area contributed by atoms with Gasteiger partial charge in [0.2, 0.25) is 0 Å². The molecule has 0 fully saturated rings. The molecule has 0 aliphatic heterocycles. The number of rotatable bonds is 7. The van der Waals surface area contributed by atoms with Crippen LogP contribution in [0.5, 0.6) is 0 Å². The van der Waals surface area contributed by atoms with Gasteiger partial charge in [0.1, 0.15) is 0 Å². The van der Waals surface area contributed by atoms with E-state index in [4.69, 9.17) is 11.6 Å². The third kappa shape index (κ3) is 3.06. The predicted octanol–water partition coefficient (Wildman–Crippen LogP) is 6.19. The zero-order chi connectivity index (χ0) is 15.3. The van der Waals surface area contributed by atoms with Gasteiger partial charge < -0.3 is 0 Å². The van der Waals surface area contributed by atoms with E-state index in [1.54, 1.807) is 27.8 Å². The molecule has 20 heavy (non-hydrogen) atoms. The van der Waals surface area contributed by atoms with Crippen molar-refractivity contribution in [3.8, 4) is 0 Å². The van der Waals surface area contributed by atoms with Crippen LogP contribution in [0.15, 0.2) is 0 Å². The minimum atomic E-state index is 0.168. The molecule has 114 valence electrons. The molecule has 1 atom stereocenters. The molecule has 0 N–H and O–H groups in total. The van der Waals surface area contributed by atoms with Crippen molar-refractivity contribution in [2.45, 2.75) is 85.4 Å². The molecule has 1 aromatic rings. The summed E-state index contributed by atoms with van der Waals surface area (Å²) in [7, 11) is 0. The number of hydrogen-bond acceptors (Lipinski definition) is 0. The summed E-state index contributed by atoms with van der Waals surface area (Å²) in [6.45, 7) is 13.6. The molecule has 0 radical (unpaired) electrons. The van der Waals surface area contributed by atoms with Gasteiger partial charge in [0.25, 0.3) is 0 Å². The van der Waals surface area contributed by atoms with Crippen LogP contribution in [-0.2, 0) is 32.1 Å². The van der Waals surface area contributed by atoms with Gasteiger partial charge in [-0.15, -0.1) is 11.6 Å². The first-order valence-electron chi connectivity index (χ1n) is 8.43. The van der Waals surface area contributed by atoms with Crippen LogP contribution in [0.3, 0.4) is 0 Å². The average Bonchev–Trinajstić information content (AvgIpc) is 2.50. The minimum absolute atomic E-state index is 0.168. The Morgan fingerprint density at radius 2 is 0.900 bits per heavy atom. The maximum absolute atomic E-state index is 6.71. The van der Waals surface area contributed by atoms with Gasteiger partial charge in [-0.1, -0.05) is 41.5 Å². The number of hydrogen-bond donors (Lipinski definition) is 0. The standard InChI is InChI=1S/C19H31Cl/c1-7-13-14(8-2)16(10-4)19(18(20)12-6)17(11-5)15(13)9-3/h18H,7-12H2,1-6H3. The Hall–Kier alpha value is -0.490.